The Bertz CT molecular complexity index is 2060. The van der Waals surface area contributed by atoms with Crippen LogP contribution in [0.4, 0.5) is 14.6 Å². The van der Waals surface area contributed by atoms with Crippen molar-refractivity contribution in [2.24, 2.45) is 0 Å². The van der Waals surface area contributed by atoms with Crippen molar-refractivity contribution in [1.29, 1.82) is 0 Å². The topological polar surface area (TPSA) is 129 Å². The maximum atomic E-state index is 16.2. The summed E-state index contributed by atoms with van der Waals surface area (Å²) < 4.78 is 49.3. The zero-order chi connectivity index (χ0) is 37.9. The van der Waals surface area contributed by atoms with E-state index >= 15 is 8.78 Å². The number of amides is 1. The predicted molar refractivity (Wildman–Crippen MR) is 193 cm³/mol. The van der Waals surface area contributed by atoms with Crippen LogP contribution in [-0.4, -0.2) is 87.4 Å². The monoisotopic (exact) mass is 718 g/mol. The van der Waals surface area contributed by atoms with Gasteiger partial charge in [-0.05, 0) is 76.4 Å². The van der Waals surface area contributed by atoms with Gasteiger partial charge >= 0.3 is 11.7 Å². The molecule has 12 nitrogen and oxygen atoms in total. The largest absolute Gasteiger partial charge is 0.491 e. The Morgan fingerprint density at radius 3 is 2.48 bits per heavy atom. The molecule has 0 bridgehead atoms. The lowest BCUT2D eigenvalue weighted by molar-refractivity contribution is -0.160. The fourth-order valence-electron chi connectivity index (χ4n) is 6.12. The van der Waals surface area contributed by atoms with Crippen molar-refractivity contribution in [2.75, 3.05) is 44.4 Å². The Morgan fingerprint density at radius 1 is 1.08 bits per heavy atom. The van der Waals surface area contributed by atoms with Crippen molar-refractivity contribution in [3.63, 3.8) is 0 Å². The van der Waals surface area contributed by atoms with E-state index < -0.39 is 28.9 Å². The van der Waals surface area contributed by atoms with E-state index in [0.717, 1.165) is 11.6 Å². The second kappa shape index (κ2) is 15.6. The molecule has 14 heteroatoms. The summed E-state index contributed by atoms with van der Waals surface area (Å²) in [5.41, 5.74) is 0.0958. The molecule has 1 atom stereocenters. The minimum Gasteiger partial charge on any atom is -0.491 e. The highest BCUT2D eigenvalue weighted by Gasteiger charge is 2.31. The van der Waals surface area contributed by atoms with Crippen LogP contribution in [0.1, 0.15) is 58.7 Å². The summed E-state index contributed by atoms with van der Waals surface area (Å²) in [4.78, 5) is 55.5. The number of anilines is 1. The van der Waals surface area contributed by atoms with E-state index in [1.807, 2.05) is 32.6 Å². The number of halogens is 2. The Kier molecular flexibility index (Phi) is 11.4. The predicted octanol–water partition coefficient (Wildman–Crippen LogP) is 5.51. The number of aryl methyl sites for hydroxylation is 1. The van der Waals surface area contributed by atoms with Gasteiger partial charge in [0.2, 0.25) is 5.91 Å². The molecule has 4 aromatic rings. The van der Waals surface area contributed by atoms with Crippen LogP contribution in [0.5, 0.6) is 5.75 Å². The number of carbonyl (C=O) groups excluding carboxylic acids is 2. The number of piperazine rings is 1. The summed E-state index contributed by atoms with van der Waals surface area (Å²) in [5, 5.41) is 0.237. The third-order valence-electron chi connectivity index (χ3n) is 8.44. The third-order valence-corrected chi connectivity index (χ3v) is 8.44. The second-order valence-electron chi connectivity index (χ2n) is 13.9. The Morgan fingerprint density at radius 2 is 1.83 bits per heavy atom. The van der Waals surface area contributed by atoms with Gasteiger partial charge in [-0.25, -0.2) is 27.9 Å². The minimum atomic E-state index is -0.830. The molecule has 0 unspecified atom stereocenters. The molecule has 1 saturated heterocycles. The van der Waals surface area contributed by atoms with Gasteiger partial charge in [0.1, 0.15) is 47.7 Å². The van der Waals surface area contributed by atoms with E-state index in [1.165, 1.54) is 28.8 Å². The molecule has 3 aromatic heterocycles. The highest BCUT2D eigenvalue weighted by molar-refractivity contribution is 5.91. The number of pyridine rings is 2. The molecule has 0 radical (unpaired) electrons. The quantitative estimate of drug-likeness (QED) is 0.111. The van der Waals surface area contributed by atoms with E-state index in [2.05, 4.69) is 21.5 Å². The maximum absolute atomic E-state index is 16.2. The number of rotatable bonds is 11. The molecule has 0 aliphatic carbocycles. The fraction of sp³-hybridized carbons (Fsp3) is 0.421. The molecule has 1 aliphatic rings. The van der Waals surface area contributed by atoms with E-state index in [4.69, 9.17) is 14.2 Å². The van der Waals surface area contributed by atoms with Gasteiger partial charge in [0, 0.05) is 43.5 Å². The highest BCUT2D eigenvalue weighted by atomic mass is 19.1. The number of hydrogen-bond donors (Lipinski definition) is 0. The summed E-state index contributed by atoms with van der Waals surface area (Å²) >= 11 is 0. The van der Waals surface area contributed by atoms with Crippen molar-refractivity contribution >= 4 is 28.7 Å². The summed E-state index contributed by atoms with van der Waals surface area (Å²) in [7, 11) is 0. The van der Waals surface area contributed by atoms with Gasteiger partial charge in [0.25, 0.3) is 0 Å². The molecule has 0 spiro atoms. The fourth-order valence-corrected chi connectivity index (χ4v) is 6.12. The second-order valence-corrected chi connectivity index (χ2v) is 13.9. The molecular formula is C38H44F2N6O6. The smallest absolute Gasteiger partial charge is 0.355 e. The summed E-state index contributed by atoms with van der Waals surface area (Å²) in [5.74, 6) is -2.10. The zero-order valence-electron chi connectivity index (χ0n) is 30.5. The number of benzene rings is 1. The third kappa shape index (κ3) is 8.28. The van der Waals surface area contributed by atoms with E-state index in [-0.39, 0.29) is 71.5 Å². The van der Waals surface area contributed by atoms with Crippen LogP contribution >= 0.6 is 0 Å². The summed E-state index contributed by atoms with van der Waals surface area (Å²) in [6.45, 7) is 17.2. The number of carbonyl (C=O) groups is 2. The van der Waals surface area contributed by atoms with Gasteiger partial charge in [-0.3, -0.25) is 9.78 Å². The number of aromatic nitrogens is 4. The number of nitrogens with zero attached hydrogens (tertiary/aromatic N) is 6. The molecular weight excluding hydrogens is 674 g/mol. The Labute approximate surface area is 301 Å². The van der Waals surface area contributed by atoms with Crippen LogP contribution in [0.3, 0.4) is 0 Å². The molecule has 1 fully saturated rings. The van der Waals surface area contributed by atoms with Gasteiger partial charge in [0.15, 0.2) is 5.65 Å². The van der Waals surface area contributed by atoms with Crippen LogP contribution in [-0.2, 0) is 19.1 Å². The number of esters is 1. The van der Waals surface area contributed by atoms with Crippen molar-refractivity contribution in [2.45, 2.75) is 66.0 Å². The first kappa shape index (κ1) is 38.0. The first-order valence-electron chi connectivity index (χ1n) is 17.1. The van der Waals surface area contributed by atoms with Crippen molar-refractivity contribution < 1.29 is 32.6 Å². The molecule has 4 heterocycles. The van der Waals surface area contributed by atoms with E-state index in [1.54, 1.807) is 37.9 Å². The minimum absolute atomic E-state index is 0.0172. The Balaban J connectivity index is 1.54. The molecule has 0 saturated carbocycles. The van der Waals surface area contributed by atoms with Crippen LogP contribution in [0.25, 0.3) is 28.0 Å². The molecule has 1 aromatic carbocycles. The van der Waals surface area contributed by atoms with Crippen LogP contribution in [0, 0.1) is 18.6 Å². The van der Waals surface area contributed by atoms with Crippen LogP contribution in [0.2, 0.25) is 0 Å². The number of fused-ring (bicyclic) bond motifs is 1. The SMILES string of the molecule is C=CC(=O)N1CCN(c2nc(=O)n(-c3c(C)ccnc3C(C)C)c3nc(-c4ccc(OCCOCC(=O)OC(C)(C)C)cc4F)c(F)cc23)[C@@H](C)C1. The van der Waals surface area contributed by atoms with Crippen molar-refractivity contribution in [3.8, 4) is 22.7 Å². The zero-order valence-corrected chi connectivity index (χ0v) is 30.5. The molecule has 5 rings (SSSR count). The van der Waals surface area contributed by atoms with Crippen molar-refractivity contribution in [1.82, 2.24) is 24.4 Å². The maximum Gasteiger partial charge on any atom is 0.355 e. The van der Waals surface area contributed by atoms with E-state index in [0.29, 0.717) is 31.0 Å². The van der Waals surface area contributed by atoms with Crippen LogP contribution < -0.4 is 15.3 Å². The summed E-state index contributed by atoms with van der Waals surface area (Å²) in [6, 6.07) is 6.61. The van der Waals surface area contributed by atoms with Gasteiger partial charge in [-0.2, -0.15) is 4.98 Å². The lowest BCUT2D eigenvalue weighted by atomic mass is 10.0. The van der Waals surface area contributed by atoms with Gasteiger partial charge in [-0.1, -0.05) is 20.4 Å². The summed E-state index contributed by atoms with van der Waals surface area (Å²) in [6.07, 6.45) is 2.90. The average molecular weight is 719 g/mol. The van der Waals surface area contributed by atoms with Gasteiger partial charge in [0.05, 0.1) is 23.4 Å². The van der Waals surface area contributed by atoms with E-state index in [9.17, 15) is 14.4 Å². The molecule has 52 heavy (non-hydrogen) atoms. The van der Waals surface area contributed by atoms with Crippen molar-refractivity contribution in [3.05, 3.63) is 82.6 Å². The van der Waals surface area contributed by atoms with Gasteiger partial charge in [-0.15, -0.1) is 0 Å². The number of hydrogen-bond acceptors (Lipinski definition) is 10. The molecule has 276 valence electrons. The lowest BCUT2D eigenvalue weighted by Crippen LogP contribution is -2.54. The Hall–Kier alpha value is -5.24. The normalized spacial score (nSPS) is 14.9. The molecule has 0 N–H and O–H groups in total. The highest BCUT2D eigenvalue weighted by Crippen LogP contribution is 2.34. The lowest BCUT2D eigenvalue weighted by Gasteiger charge is -2.40. The number of ether oxygens (including phenoxy) is 3. The molecule has 1 amide bonds. The van der Waals surface area contributed by atoms with Gasteiger partial charge < -0.3 is 24.0 Å². The molecule has 1 aliphatic heterocycles. The first-order chi connectivity index (χ1) is 24.6. The first-order valence-corrected chi connectivity index (χ1v) is 17.1. The standard InChI is InChI=1S/C38H44F2N6O6/c1-9-30(47)44-14-15-45(24(5)20-44)35-27-19-29(40)33(42-36(27)46(37(49)43-35)34-23(4)12-13-41-32(34)22(2)3)26-11-10-25(18-28(26)39)51-17-16-50-21-31(48)52-38(6,7)8/h9-13,18-19,22,24H,1,14-17,20-21H2,2-8H3/t24-/m0/s1. The average Bonchev–Trinajstić information content (AvgIpc) is 3.07. The van der Waals surface area contributed by atoms with Crippen LogP contribution in [0.15, 0.2) is 54.0 Å².